The van der Waals surface area contributed by atoms with Crippen LogP contribution >= 0.6 is 0 Å². The molecule has 1 saturated carbocycles. The van der Waals surface area contributed by atoms with Crippen LogP contribution in [-0.2, 0) is 6.54 Å². The van der Waals surface area contributed by atoms with Crippen molar-refractivity contribution >= 4 is 22.1 Å². The first kappa shape index (κ1) is 19.1. The number of aromatic amines is 2. The highest BCUT2D eigenvalue weighted by molar-refractivity contribution is 5.93. The zero-order chi connectivity index (χ0) is 21.3. The number of fused-ring (bicyclic) bond motifs is 2. The van der Waals surface area contributed by atoms with Crippen LogP contribution in [0.25, 0.3) is 44.7 Å². The van der Waals surface area contributed by atoms with Gasteiger partial charge in [-0.3, -0.25) is 10.1 Å². The Hall–Kier alpha value is -3.58. The van der Waals surface area contributed by atoms with Gasteiger partial charge in [-0.1, -0.05) is 12.8 Å². The monoisotopic (exact) mass is 423 g/mol. The fourth-order valence-electron chi connectivity index (χ4n) is 4.69. The Morgan fingerprint density at radius 2 is 2.00 bits per heavy atom. The second-order valence-corrected chi connectivity index (χ2v) is 8.65. The topological polar surface area (TPSA) is 95.2 Å². The zero-order valence-electron chi connectivity index (χ0n) is 17.8. The Bertz CT molecular complexity index is 1340. The van der Waals surface area contributed by atoms with Gasteiger partial charge < -0.3 is 10.3 Å². The fourth-order valence-corrected chi connectivity index (χ4v) is 4.69. The lowest BCUT2D eigenvalue weighted by Crippen LogP contribution is -2.20. The Balaban J connectivity index is 1.28. The van der Waals surface area contributed by atoms with Crippen LogP contribution in [0, 0.1) is 5.92 Å². The molecular formula is C25H25N7. The normalized spacial score (nSPS) is 14.6. The lowest BCUT2D eigenvalue weighted by molar-refractivity contribution is 0.489. The molecule has 0 bridgehead atoms. The van der Waals surface area contributed by atoms with Gasteiger partial charge in [0.1, 0.15) is 16.9 Å². The van der Waals surface area contributed by atoms with Crippen molar-refractivity contribution in [2.45, 2.75) is 32.2 Å². The molecule has 0 amide bonds. The van der Waals surface area contributed by atoms with Gasteiger partial charge in [0.2, 0.25) is 0 Å². The van der Waals surface area contributed by atoms with E-state index in [0.717, 1.165) is 63.7 Å². The molecule has 5 heterocycles. The third-order valence-electron chi connectivity index (χ3n) is 6.38. The third-order valence-corrected chi connectivity index (χ3v) is 6.38. The molecule has 0 spiro atoms. The molecule has 0 unspecified atom stereocenters. The molecule has 7 heteroatoms. The van der Waals surface area contributed by atoms with Gasteiger partial charge in [0.25, 0.3) is 0 Å². The van der Waals surface area contributed by atoms with Gasteiger partial charge in [0, 0.05) is 36.1 Å². The molecule has 5 aromatic rings. The summed E-state index contributed by atoms with van der Waals surface area (Å²) < 4.78 is 0. The molecule has 3 N–H and O–H groups in total. The second kappa shape index (κ2) is 8.16. The number of nitrogens with zero attached hydrogens (tertiary/aromatic N) is 4. The van der Waals surface area contributed by atoms with E-state index in [-0.39, 0.29) is 0 Å². The van der Waals surface area contributed by atoms with E-state index in [4.69, 9.17) is 4.98 Å². The summed E-state index contributed by atoms with van der Waals surface area (Å²) in [6.07, 6.45) is 11.1. The molecule has 1 aliphatic carbocycles. The molecule has 0 saturated heterocycles. The minimum Gasteiger partial charge on any atom is -0.338 e. The minimum absolute atomic E-state index is 0.794. The molecule has 5 aromatic heterocycles. The average molecular weight is 424 g/mol. The number of hydrogen-bond acceptors (Lipinski definition) is 5. The highest BCUT2D eigenvalue weighted by atomic mass is 15.1. The summed E-state index contributed by atoms with van der Waals surface area (Å²) in [6, 6.07) is 12.2. The SMILES string of the molecule is c1cnc2[nH]c(-c3n[nH]c4ccc(-c5cncc(CNCC6CCCC6)c5)nc34)cc2c1. The molecule has 7 nitrogen and oxygen atoms in total. The molecule has 0 atom stereocenters. The number of hydrogen-bond donors (Lipinski definition) is 3. The van der Waals surface area contributed by atoms with Crippen molar-refractivity contribution in [1.82, 2.24) is 35.5 Å². The predicted molar refractivity (Wildman–Crippen MR) is 126 cm³/mol. The lowest BCUT2D eigenvalue weighted by atomic mass is 10.1. The van der Waals surface area contributed by atoms with Gasteiger partial charge in [0.15, 0.2) is 0 Å². The Labute approximate surface area is 185 Å². The van der Waals surface area contributed by atoms with Crippen molar-refractivity contribution in [3.8, 4) is 22.6 Å². The summed E-state index contributed by atoms with van der Waals surface area (Å²) in [5, 5.41) is 12.3. The Morgan fingerprint density at radius 1 is 1.06 bits per heavy atom. The van der Waals surface area contributed by atoms with E-state index in [1.807, 2.05) is 36.7 Å². The quantitative estimate of drug-likeness (QED) is 0.363. The number of nitrogens with one attached hydrogen (secondary N) is 3. The van der Waals surface area contributed by atoms with Gasteiger partial charge in [0.05, 0.1) is 16.9 Å². The highest BCUT2D eigenvalue weighted by Gasteiger charge is 2.15. The van der Waals surface area contributed by atoms with Crippen LogP contribution in [0.15, 0.2) is 55.0 Å². The molecule has 160 valence electrons. The van der Waals surface area contributed by atoms with E-state index >= 15 is 0 Å². The second-order valence-electron chi connectivity index (χ2n) is 8.65. The lowest BCUT2D eigenvalue weighted by Gasteiger charge is -2.11. The van der Waals surface area contributed by atoms with Crippen molar-refractivity contribution in [3.63, 3.8) is 0 Å². The minimum atomic E-state index is 0.794. The molecule has 0 aliphatic heterocycles. The first-order valence-corrected chi connectivity index (χ1v) is 11.3. The van der Waals surface area contributed by atoms with Crippen LogP contribution in [0.5, 0.6) is 0 Å². The maximum absolute atomic E-state index is 4.94. The van der Waals surface area contributed by atoms with Gasteiger partial charge in [-0.05, 0) is 67.3 Å². The smallest absolute Gasteiger partial charge is 0.137 e. The van der Waals surface area contributed by atoms with E-state index in [1.54, 1.807) is 6.20 Å². The number of H-pyrrole nitrogens is 2. The van der Waals surface area contributed by atoms with E-state index in [1.165, 1.54) is 31.2 Å². The summed E-state index contributed by atoms with van der Waals surface area (Å²) in [5.41, 5.74) is 7.35. The molecular weight excluding hydrogens is 398 g/mol. The maximum Gasteiger partial charge on any atom is 0.137 e. The summed E-state index contributed by atoms with van der Waals surface area (Å²) in [7, 11) is 0. The van der Waals surface area contributed by atoms with Gasteiger partial charge in [-0.25, -0.2) is 9.97 Å². The highest BCUT2D eigenvalue weighted by Crippen LogP contribution is 2.29. The van der Waals surface area contributed by atoms with E-state index in [9.17, 15) is 0 Å². The van der Waals surface area contributed by atoms with Crippen LogP contribution in [0.3, 0.4) is 0 Å². The van der Waals surface area contributed by atoms with Crippen LogP contribution < -0.4 is 5.32 Å². The van der Waals surface area contributed by atoms with Crippen LogP contribution in [0.2, 0.25) is 0 Å². The maximum atomic E-state index is 4.94. The fraction of sp³-hybridized carbons (Fsp3) is 0.280. The standard InChI is InChI=1S/C25H25N7/c1-2-5-16(4-1)12-26-13-17-10-19(15-27-14-17)20-7-8-21-23(29-20)24(32-31-21)22-11-18-6-3-9-28-25(18)30-22/h3,6-11,14-16,26H,1-2,4-5,12-13H2,(H,28,30)(H,31,32). The first-order valence-electron chi connectivity index (χ1n) is 11.3. The molecule has 0 aromatic carbocycles. The zero-order valence-corrected chi connectivity index (χ0v) is 17.8. The van der Waals surface area contributed by atoms with Gasteiger partial charge >= 0.3 is 0 Å². The Morgan fingerprint density at radius 3 is 2.91 bits per heavy atom. The van der Waals surface area contributed by atoms with E-state index in [0.29, 0.717) is 0 Å². The summed E-state index contributed by atoms with van der Waals surface area (Å²) in [5.74, 6) is 0.828. The number of pyridine rings is 3. The van der Waals surface area contributed by atoms with Crippen molar-refractivity contribution < 1.29 is 0 Å². The van der Waals surface area contributed by atoms with Gasteiger partial charge in [-0.15, -0.1) is 0 Å². The van der Waals surface area contributed by atoms with Crippen LogP contribution in [0.1, 0.15) is 31.2 Å². The molecule has 6 rings (SSSR count). The molecule has 32 heavy (non-hydrogen) atoms. The average Bonchev–Trinajstić information content (AvgIpc) is 3.58. The summed E-state index contributed by atoms with van der Waals surface area (Å²) in [4.78, 5) is 17.2. The van der Waals surface area contributed by atoms with Crippen LogP contribution in [0.4, 0.5) is 0 Å². The largest absolute Gasteiger partial charge is 0.338 e. The number of rotatable bonds is 6. The van der Waals surface area contributed by atoms with Gasteiger partial charge in [-0.2, -0.15) is 5.10 Å². The van der Waals surface area contributed by atoms with Crippen molar-refractivity contribution in [3.05, 3.63) is 60.6 Å². The Kier molecular flexibility index (Phi) is 4.88. The van der Waals surface area contributed by atoms with Crippen molar-refractivity contribution in [2.75, 3.05) is 6.54 Å². The predicted octanol–water partition coefficient (Wildman–Crippen LogP) is 4.84. The summed E-state index contributed by atoms with van der Waals surface area (Å²) >= 11 is 0. The summed E-state index contributed by atoms with van der Waals surface area (Å²) in [6.45, 7) is 1.92. The van der Waals surface area contributed by atoms with E-state index in [2.05, 4.69) is 42.6 Å². The van der Waals surface area contributed by atoms with E-state index < -0.39 is 0 Å². The van der Waals surface area contributed by atoms with Crippen molar-refractivity contribution in [1.29, 1.82) is 0 Å². The molecule has 1 fully saturated rings. The number of aromatic nitrogens is 6. The first-order chi connectivity index (χ1) is 15.8. The molecule has 0 radical (unpaired) electrons. The third kappa shape index (κ3) is 3.65. The van der Waals surface area contributed by atoms with Crippen LogP contribution in [-0.4, -0.2) is 36.7 Å². The molecule has 1 aliphatic rings. The van der Waals surface area contributed by atoms with Crippen molar-refractivity contribution in [2.24, 2.45) is 5.92 Å².